The summed E-state index contributed by atoms with van der Waals surface area (Å²) in [7, 11) is 1.62. The minimum Gasteiger partial charge on any atom is -0.497 e. The maximum Gasteiger partial charge on any atom is 0.408 e. The maximum absolute atomic E-state index is 12.7. The van der Waals surface area contributed by atoms with Crippen LogP contribution in [0.4, 0.5) is 4.79 Å². The first kappa shape index (κ1) is 23.0. The van der Waals surface area contributed by atoms with Gasteiger partial charge in [0, 0.05) is 23.7 Å². The largest absolute Gasteiger partial charge is 0.497 e. The average molecular weight is 454 g/mol. The zero-order chi connectivity index (χ0) is 23.4. The van der Waals surface area contributed by atoms with Crippen molar-refractivity contribution in [3.05, 3.63) is 48.7 Å². The van der Waals surface area contributed by atoms with E-state index in [9.17, 15) is 9.59 Å². The Balaban J connectivity index is 1.65. The first-order valence-electron chi connectivity index (χ1n) is 11.4. The number of methoxy groups -OCH3 is 1. The second kappa shape index (κ2) is 10.2. The number of ether oxygens (including phenoxy) is 3. The van der Waals surface area contributed by atoms with Gasteiger partial charge in [0.05, 0.1) is 25.3 Å². The van der Waals surface area contributed by atoms with Gasteiger partial charge in [-0.15, -0.1) is 6.58 Å². The molecule has 176 valence electrons. The number of alkyl carbamates (subject to hydrolysis) is 1. The number of amides is 1. The summed E-state index contributed by atoms with van der Waals surface area (Å²) in [5, 5.41) is 3.41. The van der Waals surface area contributed by atoms with Crippen molar-refractivity contribution < 1.29 is 23.8 Å². The molecule has 0 saturated carbocycles. The van der Waals surface area contributed by atoms with Gasteiger partial charge in [-0.25, -0.2) is 4.79 Å². The second-order valence-corrected chi connectivity index (χ2v) is 8.51. The normalized spacial score (nSPS) is 24.7. The number of nitrogens with one attached hydrogen (secondary N) is 1. The van der Waals surface area contributed by atoms with Gasteiger partial charge in [0.15, 0.2) is 0 Å². The Morgan fingerprint density at radius 3 is 2.91 bits per heavy atom. The fraction of sp³-hybridized carbons (Fsp3) is 0.480. The number of carbonyl (C=O) groups excluding carboxylic acids is 2. The number of nitrogens with zero attached hydrogens (tertiary/aromatic N) is 2. The van der Waals surface area contributed by atoms with Crippen LogP contribution in [0.3, 0.4) is 0 Å². The van der Waals surface area contributed by atoms with Crippen molar-refractivity contribution in [3.8, 4) is 5.75 Å². The highest BCUT2D eigenvalue weighted by Gasteiger charge is 2.44. The van der Waals surface area contributed by atoms with E-state index in [0.717, 1.165) is 42.4 Å². The molecule has 8 heteroatoms. The topological polar surface area (TPSA) is 90.0 Å². The Bertz CT molecular complexity index is 1030. The van der Waals surface area contributed by atoms with E-state index in [0.29, 0.717) is 17.6 Å². The number of carbonyl (C=O) groups is 2. The molecule has 2 bridgehead atoms. The van der Waals surface area contributed by atoms with Crippen LogP contribution in [0.15, 0.2) is 43.1 Å². The fourth-order valence-corrected chi connectivity index (χ4v) is 5.08. The van der Waals surface area contributed by atoms with Crippen molar-refractivity contribution >= 4 is 23.0 Å². The third kappa shape index (κ3) is 4.95. The summed E-state index contributed by atoms with van der Waals surface area (Å²) in [6.07, 6.45) is 4.61. The van der Waals surface area contributed by atoms with Gasteiger partial charge < -0.3 is 19.5 Å². The van der Waals surface area contributed by atoms with Crippen LogP contribution in [-0.4, -0.2) is 61.3 Å². The molecular formula is C25H31N3O5. The van der Waals surface area contributed by atoms with Crippen molar-refractivity contribution in [2.45, 2.75) is 31.9 Å². The standard InChI is InChI=1S/C25H31N3O5/c1-4-16-15-28-11-9-17(16)12-22(28)24(33-25(30)27-14-23(29)32-5-2)19-8-10-26-21-7-6-18(31-3)13-20(19)21/h4,6-8,10,13,16-17,22,24H,1,5,9,11-12,14-15H2,2-3H3,(H,27,30)/t16?,17?,22?,24-/m0/s1. The van der Waals surface area contributed by atoms with Crippen LogP contribution in [0.1, 0.15) is 31.4 Å². The summed E-state index contributed by atoms with van der Waals surface area (Å²) < 4.78 is 16.3. The lowest BCUT2D eigenvalue weighted by atomic mass is 9.73. The summed E-state index contributed by atoms with van der Waals surface area (Å²) >= 11 is 0. The van der Waals surface area contributed by atoms with E-state index < -0.39 is 18.2 Å². The van der Waals surface area contributed by atoms with Crippen LogP contribution in [0, 0.1) is 11.8 Å². The summed E-state index contributed by atoms with van der Waals surface area (Å²) in [6, 6.07) is 7.61. The van der Waals surface area contributed by atoms with Gasteiger partial charge in [0.1, 0.15) is 18.4 Å². The quantitative estimate of drug-likeness (QED) is 0.483. The number of fused-ring (bicyclic) bond motifs is 4. The van der Waals surface area contributed by atoms with Crippen molar-refractivity contribution in [3.63, 3.8) is 0 Å². The second-order valence-electron chi connectivity index (χ2n) is 8.51. The Hall–Kier alpha value is -3.13. The van der Waals surface area contributed by atoms with E-state index in [1.54, 1.807) is 20.2 Å². The zero-order valence-corrected chi connectivity index (χ0v) is 19.2. The molecule has 3 aliphatic rings. The summed E-state index contributed by atoms with van der Waals surface area (Å²) in [5.41, 5.74) is 1.67. The van der Waals surface area contributed by atoms with Gasteiger partial charge in [0.2, 0.25) is 0 Å². The molecule has 1 aromatic carbocycles. The molecule has 0 radical (unpaired) electrons. The van der Waals surface area contributed by atoms with E-state index in [1.165, 1.54) is 0 Å². The first-order chi connectivity index (χ1) is 16.0. The molecule has 4 heterocycles. The van der Waals surface area contributed by atoms with Gasteiger partial charge in [-0.3, -0.25) is 14.7 Å². The van der Waals surface area contributed by atoms with Crippen LogP contribution in [0.25, 0.3) is 10.9 Å². The monoisotopic (exact) mass is 453 g/mol. The molecule has 1 N–H and O–H groups in total. The number of esters is 1. The Labute approximate surface area is 193 Å². The predicted octanol–water partition coefficient (Wildman–Crippen LogP) is 3.47. The number of aromatic nitrogens is 1. The van der Waals surface area contributed by atoms with Crippen LogP contribution >= 0.6 is 0 Å². The molecule has 0 spiro atoms. The van der Waals surface area contributed by atoms with E-state index in [2.05, 4.69) is 21.8 Å². The molecule has 1 amide bonds. The molecular weight excluding hydrogens is 422 g/mol. The van der Waals surface area contributed by atoms with Crippen LogP contribution in [0.5, 0.6) is 5.75 Å². The maximum atomic E-state index is 12.7. The third-order valence-electron chi connectivity index (χ3n) is 6.71. The number of piperidine rings is 3. The summed E-state index contributed by atoms with van der Waals surface area (Å²) in [6.45, 7) is 7.60. The van der Waals surface area contributed by atoms with Crippen LogP contribution in [0.2, 0.25) is 0 Å². The Morgan fingerprint density at radius 2 is 2.21 bits per heavy atom. The summed E-state index contributed by atoms with van der Waals surface area (Å²) in [4.78, 5) is 31.3. The van der Waals surface area contributed by atoms with E-state index in [-0.39, 0.29) is 19.2 Å². The van der Waals surface area contributed by atoms with E-state index in [1.807, 2.05) is 30.3 Å². The van der Waals surface area contributed by atoms with Crippen molar-refractivity contribution in [2.24, 2.45) is 11.8 Å². The third-order valence-corrected chi connectivity index (χ3v) is 6.71. The molecule has 3 aliphatic heterocycles. The van der Waals surface area contributed by atoms with Gasteiger partial charge in [-0.05, 0) is 62.4 Å². The number of hydrogen-bond donors (Lipinski definition) is 1. The molecule has 2 aromatic rings. The average Bonchev–Trinajstić information content (AvgIpc) is 2.85. The molecule has 0 aliphatic carbocycles. The van der Waals surface area contributed by atoms with E-state index >= 15 is 0 Å². The molecule has 5 rings (SSSR count). The highest BCUT2D eigenvalue weighted by molar-refractivity contribution is 5.84. The van der Waals surface area contributed by atoms with Gasteiger partial charge in [0.25, 0.3) is 0 Å². The first-order valence-corrected chi connectivity index (χ1v) is 11.4. The highest BCUT2D eigenvalue weighted by Crippen LogP contribution is 2.43. The molecule has 8 nitrogen and oxygen atoms in total. The minimum atomic E-state index is -0.649. The number of benzene rings is 1. The zero-order valence-electron chi connectivity index (χ0n) is 19.2. The molecule has 5 atom stereocenters. The lowest BCUT2D eigenvalue weighted by molar-refractivity contribution is -0.142. The van der Waals surface area contributed by atoms with Gasteiger partial charge in [-0.1, -0.05) is 6.08 Å². The van der Waals surface area contributed by atoms with Crippen molar-refractivity contribution in [1.29, 1.82) is 0 Å². The van der Waals surface area contributed by atoms with Crippen molar-refractivity contribution in [2.75, 3.05) is 33.4 Å². The molecule has 3 saturated heterocycles. The molecule has 4 unspecified atom stereocenters. The van der Waals surface area contributed by atoms with Crippen molar-refractivity contribution in [1.82, 2.24) is 15.2 Å². The van der Waals surface area contributed by atoms with E-state index in [4.69, 9.17) is 14.2 Å². The number of hydrogen-bond acceptors (Lipinski definition) is 7. The molecule has 3 fully saturated rings. The molecule has 33 heavy (non-hydrogen) atoms. The fourth-order valence-electron chi connectivity index (χ4n) is 5.08. The smallest absolute Gasteiger partial charge is 0.408 e. The number of pyridine rings is 1. The minimum absolute atomic E-state index is 0.0186. The van der Waals surface area contributed by atoms with Gasteiger partial charge in [-0.2, -0.15) is 0 Å². The Kier molecular flexibility index (Phi) is 7.13. The SMILES string of the molecule is C=CC1CN2CCC1CC2[C@@H](OC(=O)NCC(=O)OCC)c1ccnc2ccc(OC)cc12. The highest BCUT2D eigenvalue weighted by atomic mass is 16.6. The summed E-state index contributed by atoms with van der Waals surface area (Å²) in [5.74, 6) is 1.16. The van der Waals surface area contributed by atoms with Crippen LogP contribution in [-0.2, 0) is 14.3 Å². The predicted molar refractivity (Wildman–Crippen MR) is 124 cm³/mol. The Morgan fingerprint density at radius 1 is 1.36 bits per heavy atom. The molecule has 1 aromatic heterocycles. The lowest BCUT2D eigenvalue weighted by Gasteiger charge is -2.51. The van der Waals surface area contributed by atoms with Gasteiger partial charge >= 0.3 is 12.1 Å². The number of rotatable bonds is 8. The van der Waals surface area contributed by atoms with Crippen LogP contribution < -0.4 is 10.1 Å². The lowest BCUT2D eigenvalue weighted by Crippen LogP contribution is -2.55.